The Balaban J connectivity index is 1.83. The molecule has 0 aliphatic heterocycles. The van der Waals surface area contributed by atoms with Gasteiger partial charge in [-0.3, -0.25) is 4.79 Å². The SMILES string of the molecule is CC[C@@H](Oc1ccc(OC)cc1)C(=O)N[C@@H](C)COc1ccc(C)cc1. The number of methoxy groups -OCH3 is 1. The largest absolute Gasteiger partial charge is 0.497 e. The lowest BCUT2D eigenvalue weighted by Gasteiger charge is -2.21. The van der Waals surface area contributed by atoms with E-state index in [0.717, 1.165) is 11.5 Å². The van der Waals surface area contributed by atoms with Crippen LogP contribution in [0.15, 0.2) is 48.5 Å². The molecule has 0 bridgehead atoms. The van der Waals surface area contributed by atoms with Crippen molar-refractivity contribution in [3.8, 4) is 17.2 Å². The summed E-state index contributed by atoms with van der Waals surface area (Å²) in [6, 6.07) is 14.9. The molecule has 0 unspecified atom stereocenters. The van der Waals surface area contributed by atoms with Crippen LogP contribution in [0, 0.1) is 6.92 Å². The fourth-order valence-electron chi connectivity index (χ4n) is 2.37. The van der Waals surface area contributed by atoms with Crippen LogP contribution in [0.3, 0.4) is 0 Å². The lowest BCUT2D eigenvalue weighted by atomic mass is 10.2. The van der Waals surface area contributed by atoms with E-state index >= 15 is 0 Å². The summed E-state index contributed by atoms with van der Waals surface area (Å²) in [6.45, 7) is 6.25. The van der Waals surface area contributed by atoms with Gasteiger partial charge in [0.05, 0.1) is 13.2 Å². The number of amides is 1. The highest BCUT2D eigenvalue weighted by atomic mass is 16.5. The molecule has 0 radical (unpaired) electrons. The fourth-order valence-corrected chi connectivity index (χ4v) is 2.37. The summed E-state index contributed by atoms with van der Waals surface area (Å²) in [5.74, 6) is 2.02. The second-order valence-corrected chi connectivity index (χ2v) is 6.22. The van der Waals surface area contributed by atoms with Crippen molar-refractivity contribution >= 4 is 5.91 Å². The van der Waals surface area contributed by atoms with Crippen LogP contribution in [0.4, 0.5) is 0 Å². The molecule has 1 amide bonds. The Morgan fingerprint density at radius 3 is 2.15 bits per heavy atom. The van der Waals surface area contributed by atoms with E-state index in [1.165, 1.54) is 5.56 Å². The number of aryl methyl sites for hydroxylation is 1. The van der Waals surface area contributed by atoms with Gasteiger partial charge in [-0.2, -0.15) is 0 Å². The summed E-state index contributed by atoms with van der Waals surface area (Å²) in [5.41, 5.74) is 1.18. The molecule has 2 aromatic rings. The van der Waals surface area contributed by atoms with E-state index in [2.05, 4.69) is 5.32 Å². The normalized spacial score (nSPS) is 12.8. The molecule has 26 heavy (non-hydrogen) atoms. The Bertz CT molecular complexity index is 682. The third-order valence-corrected chi connectivity index (χ3v) is 3.91. The number of hydrogen-bond donors (Lipinski definition) is 1. The van der Waals surface area contributed by atoms with E-state index in [1.807, 2.05) is 45.0 Å². The maximum absolute atomic E-state index is 12.5. The maximum Gasteiger partial charge on any atom is 0.261 e. The molecule has 0 aromatic heterocycles. The van der Waals surface area contributed by atoms with E-state index in [1.54, 1.807) is 31.4 Å². The highest BCUT2D eigenvalue weighted by Crippen LogP contribution is 2.19. The smallest absolute Gasteiger partial charge is 0.261 e. The zero-order valence-corrected chi connectivity index (χ0v) is 15.8. The second kappa shape index (κ2) is 9.70. The minimum Gasteiger partial charge on any atom is -0.497 e. The maximum atomic E-state index is 12.5. The Hall–Kier alpha value is -2.69. The van der Waals surface area contributed by atoms with Crippen LogP contribution in [0.5, 0.6) is 17.2 Å². The van der Waals surface area contributed by atoms with Gasteiger partial charge >= 0.3 is 0 Å². The molecule has 0 heterocycles. The summed E-state index contributed by atoms with van der Waals surface area (Å²) in [4.78, 5) is 12.5. The zero-order chi connectivity index (χ0) is 18.9. The van der Waals surface area contributed by atoms with Crippen LogP contribution in [0.25, 0.3) is 0 Å². The van der Waals surface area contributed by atoms with E-state index in [-0.39, 0.29) is 11.9 Å². The lowest BCUT2D eigenvalue weighted by molar-refractivity contribution is -0.128. The summed E-state index contributed by atoms with van der Waals surface area (Å²) in [7, 11) is 1.61. The summed E-state index contributed by atoms with van der Waals surface area (Å²) in [6.07, 6.45) is 0.0221. The third-order valence-electron chi connectivity index (χ3n) is 3.91. The number of benzene rings is 2. The molecule has 0 aliphatic carbocycles. The van der Waals surface area contributed by atoms with Gasteiger partial charge in [0.2, 0.25) is 0 Å². The average molecular weight is 357 g/mol. The Morgan fingerprint density at radius 2 is 1.58 bits per heavy atom. The van der Waals surface area contributed by atoms with Gasteiger partial charge in [0, 0.05) is 0 Å². The first kappa shape index (κ1) is 19.6. The minimum absolute atomic E-state index is 0.127. The molecule has 0 spiro atoms. The van der Waals surface area contributed by atoms with E-state index in [9.17, 15) is 4.79 Å². The molecule has 140 valence electrons. The van der Waals surface area contributed by atoms with Crippen molar-refractivity contribution in [3.05, 3.63) is 54.1 Å². The first-order chi connectivity index (χ1) is 12.5. The lowest BCUT2D eigenvalue weighted by Crippen LogP contribution is -2.44. The van der Waals surface area contributed by atoms with Crippen LogP contribution in [0.2, 0.25) is 0 Å². The van der Waals surface area contributed by atoms with Gasteiger partial charge in [0.1, 0.15) is 23.9 Å². The molecule has 5 nitrogen and oxygen atoms in total. The van der Waals surface area contributed by atoms with E-state index in [4.69, 9.17) is 14.2 Å². The van der Waals surface area contributed by atoms with Gasteiger partial charge in [0.15, 0.2) is 6.10 Å². The second-order valence-electron chi connectivity index (χ2n) is 6.22. The number of ether oxygens (including phenoxy) is 3. The summed E-state index contributed by atoms with van der Waals surface area (Å²) < 4.78 is 16.6. The van der Waals surface area contributed by atoms with Gasteiger partial charge < -0.3 is 19.5 Å². The number of hydrogen-bond acceptors (Lipinski definition) is 4. The minimum atomic E-state index is -0.551. The zero-order valence-electron chi connectivity index (χ0n) is 15.8. The van der Waals surface area contributed by atoms with Crippen molar-refractivity contribution in [2.45, 2.75) is 39.3 Å². The van der Waals surface area contributed by atoms with Crippen molar-refractivity contribution in [1.82, 2.24) is 5.32 Å². The average Bonchev–Trinajstić information content (AvgIpc) is 2.66. The molecule has 2 aromatic carbocycles. The summed E-state index contributed by atoms with van der Waals surface area (Å²) >= 11 is 0. The van der Waals surface area contributed by atoms with Crippen molar-refractivity contribution in [2.75, 3.05) is 13.7 Å². The number of carbonyl (C=O) groups is 1. The molecule has 5 heteroatoms. The van der Waals surface area contributed by atoms with Crippen molar-refractivity contribution in [1.29, 1.82) is 0 Å². The number of carbonyl (C=O) groups excluding carboxylic acids is 1. The molecular weight excluding hydrogens is 330 g/mol. The number of nitrogens with one attached hydrogen (secondary N) is 1. The van der Waals surface area contributed by atoms with Crippen molar-refractivity contribution < 1.29 is 19.0 Å². The molecular formula is C21H27NO4. The van der Waals surface area contributed by atoms with Crippen LogP contribution >= 0.6 is 0 Å². The molecule has 0 saturated heterocycles. The monoisotopic (exact) mass is 357 g/mol. The van der Waals surface area contributed by atoms with Crippen LogP contribution in [-0.2, 0) is 4.79 Å². The quantitative estimate of drug-likeness (QED) is 0.743. The predicted molar refractivity (Wildman–Crippen MR) is 102 cm³/mol. The third kappa shape index (κ3) is 5.99. The van der Waals surface area contributed by atoms with Crippen molar-refractivity contribution in [3.63, 3.8) is 0 Å². The molecule has 1 N–H and O–H groups in total. The Kier molecular flexibility index (Phi) is 7.33. The predicted octanol–water partition coefficient (Wildman–Crippen LogP) is 3.74. The molecule has 2 rings (SSSR count). The van der Waals surface area contributed by atoms with Crippen LogP contribution < -0.4 is 19.5 Å². The van der Waals surface area contributed by atoms with Gasteiger partial charge in [0.25, 0.3) is 5.91 Å². The van der Waals surface area contributed by atoms with Gasteiger partial charge in [-0.1, -0.05) is 24.6 Å². The highest BCUT2D eigenvalue weighted by Gasteiger charge is 2.20. The van der Waals surface area contributed by atoms with E-state index in [0.29, 0.717) is 18.8 Å². The Morgan fingerprint density at radius 1 is 1.00 bits per heavy atom. The van der Waals surface area contributed by atoms with Crippen molar-refractivity contribution in [2.24, 2.45) is 0 Å². The molecule has 2 atom stereocenters. The van der Waals surface area contributed by atoms with Gasteiger partial charge in [-0.05, 0) is 56.7 Å². The highest BCUT2D eigenvalue weighted by molar-refractivity contribution is 5.81. The van der Waals surface area contributed by atoms with Crippen LogP contribution in [-0.4, -0.2) is 31.8 Å². The fraction of sp³-hybridized carbons (Fsp3) is 0.381. The molecule has 0 aliphatic rings. The van der Waals surface area contributed by atoms with Gasteiger partial charge in [-0.25, -0.2) is 0 Å². The summed E-state index contributed by atoms with van der Waals surface area (Å²) in [5, 5.41) is 2.94. The van der Waals surface area contributed by atoms with Gasteiger partial charge in [-0.15, -0.1) is 0 Å². The van der Waals surface area contributed by atoms with E-state index < -0.39 is 6.10 Å². The first-order valence-corrected chi connectivity index (χ1v) is 8.82. The number of rotatable bonds is 9. The Labute approximate surface area is 155 Å². The standard InChI is InChI=1S/C21H27NO4/c1-5-20(26-19-12-10-17(24-4)11-13-19)21(23)22-16(3)14-25-18-8-6-15(2)7-9-18/h6-13,16,20H,5,14H2,1-4H3,(H,22,23)/t16-,20+/m0/s1. The van der Waals surface area contributed by atoms with Crippen LogP contribution in [0.1, 0.15) is 25.8 Å². The molecule has 0 fully saturated rings. The molecule has 0 saturated carbocycles. The first-order valence-electron chi connectivity index (χ1n) is 8.82. The topological polar surface area (TPSA) is 56.8 Å².